The summed E-state index contributed by atoms with van der Waals surface area (Å²) in [5.74, 6) is 0.389. The smallest absolute Gasteiger partial charge is 0.234 e. The zero-order valence-corrected chi connectivity index (χ0v) is 11.6. The van der Waals surface area contributed by atoms with Gasteiger partial charge in [-0.15, -0.1) is 0 Å². The number of phenolic OH excluding ortho intramolecular Hbond substituents is 1. The summed E-state index contributed by atoms with van der Waals surface area (Å²) in [6.07, 6.45) is 2.83. The second-order valence-electron chi connectivity index (χ2n) is 5.34. The lowest BCUT2D eigenvalue weighted by atomic mass is 9.81. The van der Waals surface area contributed by atoms with E-state index in [0.717, 1.165) is 38.0 Å². The first-order valence-electron chi connectivity index (χ1n) is 6.87. The molecule has 0 aromatic heterocycles. The molecule has 2 rings (SSSR count). The second kappa shape index (κ2) is 5.61. The average molecular weight is 262 g/mol. The summed E-state index contributed by atoms with van der Waals surface area (Å²) in [5.41, 5.74) is 0.562. The first-order chi connectivity index (χ1) is 9.09. The van der Waals surface area contributed by atoms with Crippen molar-refractivity contribution in [2.75, 3.05) is 25.0 Å². The summed E-state index contributed by atoms with van der Waals surface area (Å²) in [7, 11) is 1.81. The summed E-state index contributed by atoms with van der Waals surface area (Å²) in [5, 5.41) is 12.6. The maximum absolute atomic E-state index is 12.8. The Morgan fingerprint density at radius 1 is 1.42 bits per heavy atom. The minimum atomic E-state index is -0.263. The molecule has 1 saturated heterocycles. The minimum absolute atomic E-state index is 0.171. The fraction of sp³-hybridized carbons (Fsp3) is 0.533. The Hall–Kier alpha value is -1.55. The van der Waals surface area contributed by atoms with E-state index in [4.69, 9.17) is 0 Å². The van der Waals surface area contributed by atoms with Crippen molar-refractivity contribution in [3.63, 3.8) is 0 Å². The lowest BCUT2D eigenvalue weighted by Crippen LogP contribution is -2.43. The van der Waals surface area contributed by atoms with Crippen molar-refractivity contribution in [3.05, 3.63) is 24.3 Å². The van der Waals surface area contributed by atoms with Crippen LogP contribution in [-0.2, 0) is 4.79 Å². The van der Waals surface area contributed by atoms with Crippen LogP contribution in [0.25, 0.3) is 0 Å². The SMILES string of the molecule is CCCC1(C(=O)N(C)c2ccc(O)cc2)CCNC1. The third-order valence-corrected chi connectivity index (χ3v) is 3.97. The summed E-state index contributed by atoms with van der Waals surface area (Å²) < 4.78 is 0. The molecule has 0 saturated carbocycles. The molecule has 2 N–H and O–H groups in total. The predicted molar refractivity (Wildman–Crippen MR) is 76.3 cm³/mol. The van der Waals surface area contributed by atoms with E-state index in [1.165, 1.54) is 0 Å². The van der Waals surface area contributed by atoms with E-state index in [-0.39, 0.29) is 17.1 Å². The number of benzene rings is 1. The van der Waals surface area contributed by atoms with Gasteiger partial charge in [-0.2, -0.15) is 0 Å². The van der Waals surface area contributed by atoms with Crippen LogP contribution in [-0.4, -0.2) is 31.2 Å². The Kier molecular flexibility index (Phi) is 4.10. The molecule has 1 unspecified atom stereocenters. The van der Waals surface area contributed by atoms with Gasteiger partial charge >= 0.3 is 0 Å². The van der Waals surface area contributed by atoms with Crippen LogP contribution in [0.4, 0.5) is 5.69 Å². The fourth-order valence-electron chi connectivity index (χ4n) is 2.87. The first-order valence-corrected chi connectivity index (χ1v) is 6.87. The molecular formula is C15H22N2O2. The fourth-order valence-corrected chi connectivity index (χ4v) is 2.87. The van der Waals surface area contributed by atoms with Crippen molar-refractivity contribution in [3.8, 4) is 5.75 Å². The van der Waals surface area contributed by atoms with Gasteiger partial charge in [-0.1, -0.05) is 13.3 Å². The number of nitrogens with one attached hydrogen (secondary N) is 1. The molecule has 104 valence electrons. The van der Waals surface area contributed by atoms with Crippen LogP contribution in [0, 0.1) is 5.41 Å². The number of nitrogens with zero attached hydrogens (tertiary/aromatic N) is 1. The molecule has 1 aromatic rings. The van der Waals surface area contributed by atoms with E-state index in [9.17, 15) is 9.90 Å². The van der Waals surface area contributed by atoms with Crippen molar-refractivity contribution in [2.45, 2.75) is 26.2 Å². The van der Waals surface area contributed by atoms with Gasteiger partial charge < -0.3 is 15.3 Å². The number of hydrogen-bond donors (Lipinski definition) is 2. The van der Waals surface area contributed by atoms with Crippen LogP contribution in [0.15, 0.2) is 24.3 Å². The number of amides is 1. The highest BCUT2D eigenvalue weighted by atomic mass is 16.3. The number of anilines is 1. The van der Waals surface area contributed by atoms with Crippen molar-refractivity contribution in [1.29, 1.82) is 0 Å². The predicted octanol–water partition coefficient (Wildman–Crippen LogP) is 2.13. The Balaban J connectivity index is 2.19. The summed E-state index contributed by atoms with van der Waals surface area (Å²) in [4.78, 5) is 14.5. The molecule has 0 radical (unpaired) electrons. The van der Waals surface area contributed by atoms with E-state index in [2.05, 4.69) is 12.2 Å². The van der Waals surface area contributed by atoms with Crippen molar-refractivity contribution in [2.24, 2.45) is 5.41 Å². The zero-order valence-electron chi connectivity index (χ0n) is 11.6. The molecule has 0 aliphatic carbocycles. The monoisotopic (exact) mass is 262 g/mol. The lowest BCUT2D eigenvalue weighted by molar-refractivity contribution is -0.127. The first kappa shape index (κ1) is 13.9. The lowest BCUT2D eigenvalue weighted by Gasteiger charge is -2.31. The van der Waals surface area contributed by atoms with Crippen LogP contribution in [0.2, 0.25) is 0 Å². The van der Waals surface area contributed by atoms with Gasteiger partial charge in [0, 0.05) is 19.3 Å². The van der Waals surface area contributed by atoms with E-state index in [0.29, 0.717) is 0 Å². The summed E-state index contributed by atoms with van der Waals surface area (Å²) >= 11 is 0. The number of carbonyl (C=O) groups excluding carboxylic acids is 1. The molecule has 1 aromatic carbocycles. The molecule has 1 amide bonds. The van der Waals surface area contributed by atoms with E-state index < -0.39 is 0 Å². The topological polar surface area (TPSA) is 52.6 Å². The van der Waals surface area contributed by atoms with Crippen LogP contribution < -0.4 is 10.2 Å². The molecule has 0 spiro atoms. The molecule has 4 nitrogen and oxygen atoms in total. The number of hydrogen-bond acceptors (Lipinski definition) is 3. The Morgan fingerprint density at radius 3 is 2.63 bits per heavy atom. The number of carbonyl (C=O) groups is 1. The Labute approximate surface area is 114 Å². The van der Waals surface area contributed by atoms with Gasteiger partial charge in [-0.3, -0.25) is 4.79 Å². The molecule has 1 fully saturated rings. The molecular weight excluding hydrogens is 240 g/mol. The Bertz CT molecular complexity index is 436. The molecule has 1 aliphatic rings. The number of phenols is 1. The van der Waals surface area contributed by atoms with Gasteiger partial charge in [-0.25, -0.2) is 0 Å². The van der Waals surface area contributed by atoms with Crippen molar-refractivity contribution >= 4 is 11.6 Å². The van der Waals surface area contributed by atoms with Gasteiger partial charge in [0.2, 0.25) is 5.91 Å². The maximum atomic E-state index is 12.8. The highest BCUT2D eigenvalue weighted by Gasteiger charge is 2.42. The maximum Gasteiger partial charge on any atom is 0.234 e. The van der Waals surface area contributed by atoms with E-state index in [1.807, 2.05) is 7.05 Å². The summed E-state index contributed by atoms with van der Waals surface area (Å²) in [6, 6.07) is 6.77. The Morgan fingerprint density at radius 2 is 2.11 bits per heavy atom. The molecule has 19 heavy (non-hydrogen) atoms. The minimum Gasteiger partial charge on any atom is -0.508 e. The van der Waals surface area contributed by atoms with Crippen LogP contribution in [0.1, 0.15) is 26.2 Å². The standard InChI is InChI=1S/C15H22N2O2/c1-3-8-15(9-10-16-11-15)14(19)17(2)12-4-6-13(18)7-5-12/h4-7,16,18H,3,8-11H2,1-2H3. The normalized spacial score (nSPS) is 22.4. The van der Waals surface area contributed by atoms with E-state index >= 15 is 0 Å². The highest BCUT2D eigenvalue weighted by Crippen LogP contribution is 2.34. The zero-order chi connectivity index (χ0) is 13.9. The molecule has 1 atom stereocenters. The van der Waals surface area contributed by atoms with Gasteiger partial charge in [0.25, 0.3) is 0 Å². The summed E-state index contributed by atoms with van der Waals surface area (Å²) in [6.45, 7) is 3.80. The van der Waals surface area contributed by atoms with Crippen LogP contribution in [0.3, 0.4) is 0 Å². The number of rotatable bonds is 4. The third kappa shape index (κ3) is 2.73. The van der Waals surface area contributed by atoms with Gasteiger partial charge in [0.05, 0.1) is 5.41 Å². The van der Waals surface area contributed by atoms with Crippen molar-refractivity contribution < 1.29 is 9.90 Å². The second-order valence-corrected chi connectivity index (χ2v) is 5.34. The quantitative estimate of drug-likeness (QED) is 0.874. The largest absolute Gasteiger partial charge is 0.508 e. The van der Waals surface area contributed by atoms with Crippen molar-refractivity contribution in [1.82, 2.24) is 5.32 Å². The average Bonchev–Trinajstić information content (AvgIpc) is 2.88. The molecule has 1 aliphatic heterocycles. The molecule has 4 heteroatoms. The highest BCUT2D eigenvalue weighted by molar-refractivity contribution is 5.97. The van der Waals surface area contributed by atoms with Gasteiger partial charge in [-0.05, 0) is 43.7 Å². The van der Waals surface area contributed by atoms with Crippen LogP contribution in [0.5, 0.6) is 5.75 Å². The molecule has 1 heterocycles. The molecule has 0 bridgehead atoms. The number of aromatic hydroxyl groups is 1. The third-order valence-electron chi connectivity index (χ3n) is 3.97. The van der Waals surface area contributed by atoms with Crippen LogP contribution >= 0.6 is 0 Å². The van der Waals surface area contributed by atoms with Gasteiger partial charge in [0.15, 0.2) is 0 Å². The van der Waals surface area contributed by atoms with E-state index in [1.54, 1.807) is 29.2 Å². The van der Waals surface area contributed by atoms with Gasteiger partial charge in [0.1, 0.15) is 5.75 Å².